The van der Waals surface area contributed by atoms with E-state index in [1.54, 1.807) is 0 Å². The molecule has 0 aliphatic rings. The van der Waals surface area contributed by atoms with E-state index in [4.69, 9.17) is 0 Å². The lowest BCUT2D eigenvalue weighted by Gasteiger charge is -2.30. The molecule has 0 aliphatic carbocycles. The molecule has 0 spiro atoms. The second-order valence-electron chi connectivity index (χ2n) is 17.8. The monoisotopic (exact) mass is 761 g/mol. The van der Waals surface area contributed by atoms with Crippen LogP contribution in [0.4, 0.5) is 17.1 Å². The molecule has 0 N–H and O–H groups in total. The Morgan fingerprint density at radius 2 is 0.814 bits per heavy atom. The third kappa shape index (κ3) is 7.34. The van der Waals surface area contributed by atoms with Gasteiger partial charge in [-0.1, -0.05) is 217 Å². The number of rotatable bonds is 7. The van der Waals surface area contributed by atoms with Crippen molar-refractivity contribution in [2.75, 3.05) is 4.90 Å². The largest absolute Gasteiger partial charge is 0.309 e. The molecule has 1 heteroatoms. The molecule has 288 valence electrons. The van der Waals surface area contributed by atoms with Gasteiger partial charge in [0.15, 0.2) is 0 Å². The van der Waals surface area contributed by atoms with Crippen LogP contribution < -0.4 is 4.90 Å². The molecular weight excluding hydrogens is 711 g/mol. The Bertz CT molecular complexity index is 2910. The Hall–Kier alpha value is -6.70. The van der Waals surface area contributed by atoms with Crippen molar-refractivity contribution in [2.24, 2.45) is 0 Å². The average Bonchev–Trinajstić information content (AvgIpc) is 3.26. The summed E-state index contributed by atoms with van der Waals surface area (Å²) in [6.07, 6.45) is 0. The molecular formula is C58H51N. The van der Waals surface area contributed by atoms with E-state index in [9.17, 15) is 0 Å². The van der Waals surface area contributed by atoms with E-state index in [1.165, 1.54) is 77.2 Å². The van der Waals surface area contributed by atoms with E-state index >= 15 is 0 Å². The molecule has 0 radical (unpaired) electrons. The summed E-state index contributed by atoms with van der Waals surface area (Å²) in [6.45, 7) is 13.9. The van der Waals surface area contributed by atoms with Gasteiger partial charge in [0.05, 0.1) is 11.4 Å². The summed E-state index contributed by atoms with van der Waals surface area (Å²) in [4.78, 5) is 2.48. The van der Waals surface area contributed by atoms with Crippen LogP contribution >= 0.6 is 0 Å². The van der Waals surface area contributed by atoms with Crippen LogP contribution in [0.25, 0.3) is 66.1 Å². The zero-order valence-electron chi connectivity index (χ0n) is 35.0. The summed E-state index contributed by atoms with van der Waals surface area (Å²) in [6, 6.07) is 73.8. The lowest BCUT2D eigenvalue weighted by atomic mass is 9.78. The van der Waals surface area contributed by atoms with Gasteiger partial charge in [-0.25, -0.2) is 0 Å². The molecule has 9 rings (SSSR count). The molecule has 9 aromatic rings. The molecule has 9 aromatic carbocycles. The van der Waals surface area contributed by atoms with E-state index in [0.717, 1.165) is 17.1 Å². The third-order valence-corrected chi connectivity index (χ3v) is 11.8. The summed E-state index contributed by atoms with van der Waals surface area (Å²) in [7, 11) is 0. The number of anilines is 3. The smallest absolute Gasteiger partial charge is 0.0540 e. The number of hydrogen-bond acceptors (Lipinski definition) is 1. The number of hydrogen-bond donors (Lipinski definition) is 0. The standard InChI is InChI=1S/C58H51N/c1-57(2,3)45-36-44(37-46(39-45)58(4,5)6)51-32-18-24-42-25-19-33-53(56(42)51)52-30-13-15-35-55(52)59(54-34-14-12-29-50(54)41-20-8-7-9-21-41)47-27-16-26-43(38-47)49-31-17-23-40-22-10-11-28-48(40)49/h7-39H,1-6H3. The van der Waals surface area contributed by atoms with E-state index in [1.807, 2.05) is 0 Å². The van der Waals surface area contributed by atoms with Crippen LogP contribution in [0.1, 0.15) is 52.7 Å². The van der Waals surface area contributed by atoms with Gasteiger partial charge in [-0.15, -0.1) is 0 Å². The summed E-state index contributed by atoms with van der Waals surface area (Å²) >= 11 is 0. The van der Waals surface area contributed by atoms with Gasteiger partial charge in [-0.3, -0.25) is 0 Å². The lowest BCUT2D eigenvalue weighted by molar-refractivity contribution is 0.569. The first kappa shape index (κ1) is 37.9. The minimum absolute atomic E-state index is 0.00322. The minimum Gasteiger partial charge on any atom is -0.309 e. The Morgan fingerprint density at radius 3 is 1.51 bits per heavy atom. The molecule has 0 saturated carbocycles. The first-order valence-electron chi connectivity index (χ1n) is 20.8. The molecule has 0 saturated heterocycles. The molecule has 0 unspecified atom stereocenters. The first-order valence-corrected chi connectivity index (χ1v) is 20.8. The van der Waals surface area contributed by atoms with Crippen molar-refractivity contribution in [3.8, 4) is 44.5 Å². The Labute approximate surface area is 350 Å². The highest BCUT2D eigenvalue weighted by Crippen LogP contribution is 2.48. The van der Waals surface area contributed by atoms with Crippen LogP contribution in [0, 0.1) is 0 Å². The van der Waals surface area contributed by atoms with Gasteiger partial charge < -0.3 is 4.90 Å². The number of fused-ring (bicyclic) bond motifs is 2. The highest BCUT2D eigenvalue weighted by Gasteiger charge is 2.25. The number of nitrogens with zero attached hydrogens (tertiary/aromatic N) is 1. The summed E-state index contributed by atoms with van der Waals surface area (Å²) < 4.78 is 0. The van der Waals surface area contributed by atoms with Crippen molar-refractivity contribution in [1.29, 1.82) is 0 Å². The highest BCUT2D eigenvalue weighted by atomic mass is 15.1. The molecule has 0 heterocycles. The van der Waals surface area contributed by atoms with Gasteiger partial charge in [0.25, 0.3) is 0 Å². The number of para-hydroxylation sites is 2. The van der Waals surface area contributed by atoms with Crippen molar-refractivity contribution in [3.05, 3.63) is 211 Å². The fourth-order valence-electron chi connectivity index (χ4n) is 8.58. The maximum atomic E-state index is 2.48. The minimum atomic E-state index is 0.00322. The third-order valence-electron chi connectivity index (χ3n) is 11.8. The van der Waals surface area contributed by atoms with Gasteiger partial charge in [0, 0.05) is 16.8 Å². The van der Waals surface area contributed by atoms with Gasteiger partial charge >= 0.3 is 0 Å². The van der Waals surface area contributed by atoms with E-state index in [0.29, 0.717) is 0 Å². The SMILES string of the molecule is CC(C)(C)c1cc(-c2cccc3cccc(-c4ccccc4N(c4cccc(-c5cccc6ccccc56)c4)c4ccccc4-c4ccccc4)c23)cc(C(C)(C)C)c1. The Kier molecular flexibility index (Phi) is 9.77. The topological polar surface area (TPSA) is 3.24 Å². The van der Waals surface area contributed by atoms with Gasteiger partial charge in [-0.05, 0) is 101 Å². The van der Waals surface area contributed by atoms with Crippen LogP contribution in [0.3, 0.4) is 0 Å². The maximum absolute atomic E-state index is 2.48. The van der Waals surface area contributed by atoms with Gasteiger partial charge in [-0.2, -0.15) is 0 Å². The van der Waals surface area contributed by atoms with E-state index in [-0.39, 0.29) is 10.8 Å². The molecule has 0 aromatic heterocycles. The fourth-order valence-corrected chi connectivity index (χ4v) is 8.58. The number of benzene rings is 9. The summed E-state index contributed by atoms with van der Waals surface area (Å²) in [5.41, 5.74) is 15.7. The van der Waals surface area contributed by atoms with Crippen LogP contribution in [-0.2, 0) is 10.8 Å². The molecule has 0 aliphatic heterocycles. The van der Waals surface area contributed by atoms with E-state index < -0.39 is 0 Å². The van der Waals surface area contributed by atoms with Gasteiger partial charge in [0.1, 0.15) is 0 Å². The van der Waals surface area contributed by atoms with Crippen molar-refractivity contribution >= 4 is 38.6 Å². The second-order valence-corrected chi connectivity index (χ2v) is 17.8. The van der Waals surface area contributed by atoms with Gasteiger partial charge in [0.2, 0.25) is 0 Å². The van der Waals surface area contributed by atoms with Crippen molar-refractivity contribution in [2.45, 2.75) is 52.4 Å². The zero-order chi connectivity index (χ0) is 40.7. The fraction of sp³-hybridized carbons (Fsp3) is 0.138. The predicted molar refractivity (Wildman–Crippen MR) is 255 cm³/mol. The van der Waals surface area contributed by atoms with E-state index in [2.05, 4.69) is 247 Å². The molecule has 0 amide bonds. The van der Waals surface area contributed by atoms with Crippen LogP contribution in [0.15, 0.2) is 200 Å². The van der Waals surface area contributed by atoms with Crippen LogP contribution in [0.5, 0.6) is 0 Å². The Balaban J connectivity index is 1.31. The average molecular weight is 762 g/mol. The zero-order valence-corrected chi connectivity index (χ0v) is 35.0. The summed E-state index contributed by atoms with van der Waals surface area (Å²) in [5.74, 6) is 0. The first-order chi connectivity index (χ1) is 28.5. The van der Waals surface area contributed by atoms with Crippen LogP contribution in [-0.4, -0.2) is 0 Å². The van der Waals surface area contributed by atoms with Crippen molar-refractivity contribution in [1.82, 2.24) is 0 Å². The normalized spacial score (nSPS) is 11.9. The molecule has 0 bridgehead atoms. The van der Waals surface area contributed by atoms with Crippen LogP contribution in [0.2, 0.25) is 0 Å². The predicted octanol–water partition coefficient (Wildman–Crippen LogP) is 16.7. The van der Waals surface area contributed by atoms with Crippen molar-refractivity contribution in [3.63, 3.8) is 0 Å². The van der Waals surface area contributed by atoms with Crippen molar-refractivity contribution < 1.29 is 0 Å². The molecule has 1 nitrogen and oxygen atoms in total. The molecule has 0 atom stereocenters. The highest BCUT2D eigenvalue weighted by molar-refractivity contribution is 6.09. The lowest BCUT2D eigenvalue weighted by Crippen LogP contribution is -2.16. The Morgan fingerprint density at radius 1 is 0.322 bits per heavy atom. The summed E-state index contributed by atoms with van der Waals surface area (Å²) in [5, 5.41) is 4.97. The molecule has 0 fully saturated rings. The second kappa shape index (κ2) is 15.2. The quantitative estimate of drug-likeness (QED) is 0.156. The maximum Gasteiger partial charge on any atom is 0.0540 e. The molecule has 59 heavy (non-hydrogen) atoms.